The summed E-state index contributed by atoms with van der Waals surface area (Å²) in [6, 6.07) is -0.687. The van der Waals surface area contributed by atoms with Gasteiger partial charge in [0.2, 0.25) is 0 Å². The molecular weight excluding hydrogens is 298 g/mol. The largest absolute Gasteiger partial charge is 0.468 e. The van der Waals surface area contributed by atoms with Gasteiger partial charge >= 0.3 is 5.97 Å². The maximum Gasteiger partial charge on any atom is 0.322 e. The molecule has 0 radical (unpaired) electrons. The van der Waals surface area contributed by atoms with Gasteiger partial charge in [-0.25, -0.2) is 0 Å². The van der Waals surface area contributed by atoms with Crippen LogP contribution in [0, 0.1) is 0 Å². The minimum Gasteiger partial charge on any atom is -0.468 e. The number of carbonyl (C=O) groups excluding carboxylic acids is 1. The van der Waals surface area contributed by atoms with E-state index in [2.05, 4.69) is 38.6 Å². The molecular formula is C16H29NO4Si. The molecule has 0 saturated heterocycles. The van der Waals surface area contributed by atoms with Crippen molar-refractivity contribution < 1.29 is 19.1 Å². The highest BCUT2D eigenvalue weighted by molar-refractivity contribution is 6.74. The lowest BCUT2D eigenvalue weighted by molar-refractivity contribution is -0.142. The van der Waals surface area contributed by atoms with Gasteiger partial charge in [0.05, 0.1) is 7.11 Å². The Morgan fingerprint density at radius 3 is 2.50 bits per heavy atom. The van der Waals surface area contributed by atoms with Crippen molar-refractivity contribution in [2.45, 2.75) is 63.6 Å². The van der Waals surface area contributed by atoms with Crippen LogP contribution < -0.4 is 5.73 Å². The molecule has 0 fully saturated rings. The van der Waals surface area contributed by atoms with Crippen molar-refractivity contribution in [1.82, 2.24) is 0 Å². The van der Waals surface area contributed by atoms with E-state index in [1.165, 1.54) is 7.11 Å². The van der Waals surface area contributed by atoms with Gasteiger partial charge in [0.25, 0.3) is 0 Å². The topological polar surface area (TPSA) is 81.8 Å². The minimum absolute atomic E-state index is 0.0216. The summed E-state index contributed by atoms with van der Waals surface area (Å²) in [7, 11) is -0.753. The number of rotatable bonds is 5. The smallest absolute Gasteiger partial charge is 0.322 e. The first-order chi connectivity index (χ1) is 9.90. The van der Waals surface area contributed by atoms with Gasteiger partial charge in [0.1, 0.15) is 6.04 Å². The van der Waals surface area contributed by atoms with E-state index in [1.807, 2.05) is 6.08 Å². The third kappa shape index (κ3) is 4.77. The van der Waals surface area contributed by atoms with Crippen LogP contribution in [-0.2, 0) is 14.0 Å². The fraction of sp³-hybridized carbons (Fsp3) is 0.688. The van der Waals surface area contributed by atoms with E-state index in [-0.39, 0.29) is 5.04 Å². The molecule has 1 aliphatic carbocycles. The molecule has 0 aliphatic heterocycles. The standard InChI is InChI=1S/C16H29NO4Si/c1-15(2,3)22(5,6)21-16(19)9-7-12(8-10-16)11-13(17)14(18)20-4/h7-9,13,19H,10-11,17H2,1-6H3/t13-,16?/m0/s1. The normalized spacial score (nSPS) is 23.9. The van der Waals surface area contributed by atoms with Crippen molar-refractivity contribution in [1.29, 1.82) is 0 Å². The number of methoxy groups -OCH3 is 1. The van der Waals surface area contributed by atoms with Crippen molar-refractivity contribution in [2.75, 3.05) is 7.11 Å². The predicted octanol–water partition coefficient (Wildman–Crippen LogP) is 2.47. The molecule has 0 bridgehead atoms. The Bertz CT molecular complexity index is 479. The molecule has 1 aliphatic rings. The molecule has 6 heteroatoms. The minimum atomic E-state index is -2.07. The number of carbonyl (C=O) groups is 1. The number of hydrogen-bond acceptors (Lipinski definition) is 5. The van der Waals surface area contributed by atoms with E-state index in [0.29, 0.717) is 12.8 Å². The summed E-state index contributed by atoms with van der Waals surface area (Å²) in [5, 5.41) is 10.7. The van der Waals surface area contributed by atoms with Gasteiger partial charge in [-0.1, -0.05) is 32.9 Å². The Morgan fingerprint density at radius 2 is 2.09 bits per heavy atom. The van der Waals surface area contributed by atoms with E-state index in [0.717, 1.165) is 5.57 Å². The zero-order valence-electron chi connectivity index (χ0n) is 14.5. The third-order valence-corrected chi connectivity index (χ3v) is 8.89. The Morgan fingerprint density at radius 1 is 1.50 bits per heavy atom. The first-order valence-corrected chi connectivity index (χ1v) is 10.5. The first-order valence-electron chi connectivity index (χ1n) is 7.54. The van der Waals surface area contributed by atoms with E-state index in [9.17, 15) is 9.90 Å². The number of hydrogen-bond donors (Lipinski definition) is 2. The Balaban J connectivity index is 2.71. The summed E-state index contributed by atoms with van der Waals surface area (Å²) in [4.78, 5) is 11.3. The van der Waals surface area contributed by atoms with E-state index in [4.69, 9.17) is 10.2 Å². The zero-order valence-corrected chi connectivity index (χ0v) is 15.5. The van der Waals surface area contributed by atoms with Gasteiger partial charge in [-0.15, -0.1) is 0 Å². The van der Waals surface area contributed by atoms with Crippen molar-refractivity contribution in [3.8, 4) is 0 Å². The van der Waals surface area contributed by atoms with Crippen LogP contribution in [0.1, 0.15) is 33.6 Å². The molecule has 5 nitrogen and oxygen atoms in total. The molecule has 0 aromatic heterocycles. The molecule has 126 valence electrons. The first kappa shape index (κ1) is 19.1. The van der Waals surface area contributed by atoms with Crippen LogP contribution in [0.25, 0.3) is 0 Å². The summed E-state index contributed by atoms with van der Waals surface area (Å²) < 4.78 is 10.7. The lowest BCUT2D eigenvalue weighted by atomic mass is 9.97. The molecule has 0 heterocycles. The summed E-state index contributed by atoms with van der Waals surface area (Å²) in [5.41, 5.74) is 6.65. The second-order valence-electron chi connectivity index (χ2n) is 7.36. The van der Waals surface area contributed by atoms with Crippen LogP contribution >= 0.6 is 0 Å². The quantitative estimate of drug-likeness (QED) is 0.460. The van der Waals surface area contributed by atoms with Gasteiger partial charge in [-0.3, -0.25) is 4.79 Å². The number of nitrogens with two attached hydrogens (primary N) is 1. The molecule has 0 aromatic rings. The number of allylic oxidation sites excluding steroid dienone is 1. The second-order valence-corrected chi connectivity index (χ2v) is 12.1. The van der Waals surface area contributed by atoms with Crippen molar-refractivity contribution in [3.63, 3.8) is 0 Å². The van der Waals surface area contributed by atoms with E-state index >= 15 is 0 Å². The van der Waals surface area contributed by atoms with Crippen LogP contribution in [0.2, 0.25) is 18.1 Å². The summed E-state index contributed by atoms with van der Waals surface area (Å²) >= 11 is 0. The van der Waals surface area contributed by atoms with Gasteiger partial charge in [-0.05, 0) is 36.2 Å². The predicted molar refractivity (Wildman–Crippen MR) is 89.7 cm³/mol. The van der Waals surface area contributed by atoms with Gasteiger partial charge < -0.3 is 20.0 Å². The molecule has 0 saturated carbocycles. The zero-order chi connectivity index (χ0) is 17.2. The average Bonchev–Trinajstić information content (AvgIpc) is 2.38. The van der Waals surface area contributed by atoms with Crippen LogP contribution in [0.4, 0.5) is 0 Å². The molecule has 0 spiro atoms. The third-order valence-electron chi connectivity index (χ3n) is 4.41. The lowest BCUT2D eigenvalue weighted by Gasteiger charge is -2.42. The van der Waals surface area contributed by atoms with Gasteiger partial charge in [0, 0.05) is 6.42 Å². The monoisotopic (exact) mass is 327 g/mol. The maximum atomic E-state index is 11.3. The maximum absolute atomic E-state index is 11.3. The number of ether oxygens (including phenoxy) is 1. The highest BCUT2D eigenvalue weighted by Crippen LogP contribution is 2.40. The molecule has 0 aromatic carbocycles. The molecule has 3 N–H and O–H groups in total. The van der Waals surface area contributed by atoms with Gasteiger partial charge in [-0.2, -0.15) is 0 Å². The van der Waals surface area contributed by atoms with Crippen molar-refractivity contribution in [2.24, 2.45) is 5.73 Å². The number of esters is 1. The van der Waals surface area contributed by atoms with Crippen molar-refractivity contribution >= 4 is 14.3 Å². The Kier molecular flexibility index (Phi) is 5.78. The van der Waals surface area contributed by atoms with Crippen LogP contribution in [0.15, 0.2) is 23.8 Å². The van der Waals surface area contributed by atoms with Crippen LogP contribution in [0.5, 0.6) is 0 Å². The summed E-state index contributed by atoms with van der Waals surface area (Å²) in [6.07, 6.45) is 6.06. The molecule has 22 heavy (non-hydrogen) atoms. The second kappa shape index (κ2) is 6.66. The lowest BCUT2D eigenvalue weighted by Crippen LogP contribution is -2.49. The van der Waals surface area contributed by atoms with Gasteiger partial charge in [0.15, 0.2) is 14.1 Å². The molecule has 1 rings (SSSR count). The summed E-state index contributed by atoms with van der Waals surface area (Å²) in [5.74, 6) is -1.71. The molecule has 1 unspecified atom stereocenters. The van der Waals surface area contributed by atoms with Crippen LogP contribution in [0.3, 0.4) is 0 Å². The van der Waals surface area contributed by atoms with Crippen LogP contribution in [-0.4, -0.2) is 38.3 Å². The average molecular weight is 327 g/mol. The molecule has 0 amide bonds. The highest BCUT2D eigenvalue weighted by Gasteiger charge is 2.43. The van der Waals surface area contributed by atoms with E-state index < -0.39 is 26.1 Å². The Labute approximate surface area is 134 Å². The SMILES string of the molecule is COC(=O)[C@@H](N)CC1=CCC(O)(O[Si](C)(C)C(C)(C)C)C=C1. The van der Waals surface area contributed by atoms with E-state index in [1.54, 1.807) is 12.2 Å². The Hall–Kier alpha value is -0.953. The molecule has 2 atom stereocenters. The fourth-order valence-electron chi connectivity index (χ4n) is 1.96. The highest BCUT2D eigenvalue weighted by atomic mass is 28.4. The fourth-order valence-corrected chi connectivity index (χ4v) is 3.30. The summed E-state index contributed by atoms with van der Waals surface area (Å²) in [6.45, 7) is 10.6. The van der Waals surface area contributed by atoms with Crippen molar-refractivity contribution in [3.05, 3.63) is 23.8 Å². The number of aliphatic hydroxyl groups is 1.